The molecule has 0 saturated heterocycles. The first-order valence-electron chi connectivity index (χ1n) is 6.84. The number of hydrogen-bond acceptors (Lipinski definition) is 2. The molecule has 4 heteroatoms. The van der Waals surface area contributed by atoms with Crippen LogP contribution >= 0.6 is 0 Å². The molecule has 112 valence electrons. The molecule has 0 aliphatic rings. The lowest BCUT2D eigenvalue weighted by Crippen LogP contribution is -2.23. The summed E-state index contributed by atoms with van der Waals surface area (Å²) in [4.78, 5) is 0. The predicted octanol–water partition coefficient (Wildman–Crippen LogP) is 3.92. The minimum absolute atomic E-state index is 0.0703. The van der Waals surface area contributed by atoms with Gasteiger partial charge in [0.25, 0.3) is 0 Å². The Morgan fingerprint density at radius 3 is 2.52 bits per heavy atom. The summed E-state index contributed by atoms with van der Waals surface area (Å²) >= 11 is 0. The van der Waals surface area contributed by atoms with Crippen molar-refractivity contribution in [3.63, 3.8) is 0 Å². The van der Waals surface area contributed by atoms with Crippen molar-refractivity contribution in [1.82, 2.24) is 5.32 Å². The van der Waals surface area contributed by atoms with Crippen molar-refractivity contribution in [3.8, 4) is 5.75 Å². The van der Waals surface area contributed by atoms with E-state index in [4.69, 9.17) is 4.74 Å². The normalized spacial score (nSPS) is 12.2. The van der Waals surface area contributed by atoms with Gasteiger partial charge in [0.05, 0.1) is 6.04 Å². The molecule has 2 aromatic carbocycles. The molecule has 0 saturated carbocycles. The Bertz CT molecular complexity index is 628. The first-order valence-corrected chi connectivity index (χ1v) is 6.84. The molecule has 1 unspecified atom stereocenters. The largest absolute Gasteiger partial charge is 0.488 e. The Morgan fingerprint density at radius 1 is 1.10 bits per heavy atom. The number of ether oxygens (including phenoxy) is 1. The number of benzene rings is 2. The third kappa shape index (κ3) is 3.58. The summed E-state index contributed by atoms with van der Waals surface area (Å²) in [5.74, 6) is -1.92. The third-order valence-electron chi connectivity index (χ3n) is 3.60. The van der Waals surface area contributed by atoms with Crippen molar-refractivity contribution < 1.29 is 13.5 Å². The number of nitrogens with one attached hydrogen (secondary N) is 1. The van der Waals surface area contributed by atoms with E-state index >= 15 is 0 Å². The second kappa shape index (κ2) is 6.68. The van der Waals surface area contributed by atoms with Crippen LogP contribution in [0.3, 0.4) is 0 Å². The Balaban J connectivity index is 2.12. The molecular weight excluding hydrogens is 272 g/mol. The van der Waals surface area contributed by atoms with E-state index in [2.05, 4.69) is 11.4 Å². The van der Waals surface area contributed by atoms with Crippen LogP contribution in [0.5, 0.6) is 5.75 Å². The molecule has 0 heterocycles. The van der Waals surface area contributed by atoms with Crippen LogP contribution in [0.2, 0.25) is 0 Å². The van der Waals surface area contributed by atoms with Crippen LogP contribution in [0.15, 0.2) is 36.4 Å². The fraction of sp³-hybridized carbons (Fsp3) is 0.294. The monoisotopic (exact) mass is 291 g/mol. The lowest BCUT2D eigenvalue weighted by atomic mass is 10.0. The second-order valence-electron chi connectivity index (χ2n) is 5.05. The molecule has 0 amide bonds. The van der Waals surface area contributed by atoms with Gasteiger partial charge in [0.1, 0.15) is 6.61 Å². The molecular formula is C17H19F2NO. The molecule has 0 aromatic heterocycles. The quantitative estimate of drug-likeness (QED) is 0.901. The fourth-order valence-electron chi connectivity index (χ4n) is 2.10. The standard InChI is InChI=1S/C17H19F2NO/c1-11-7-8-13(9-12(11)2)15(20-3)10-21-16-6-4-5-14(18)17(16)19/h4-9,15,20H,10H2,1-3H3. The van der Waals surface area contributed by atoms with Gasteiger partial charge in [-0.3, -0.25) is 0 Å². The number of rotatable bonds is 5. The zero-order valence-corrected chi connectivity index (χ0v) is 12.4. The highest BCUT2D eigenvalue weighted by Gasteiger charge is 2.14. The van der Waals surface area contributed by atoms with Crippen molar-refractivity contribution in [2.45, 2.75) is 19.9 Å². The lowest BCUT2D eigenvalue weighted by Gasteiger charge is -2.19. The van der Waals surface area contributed by atoms with E-state index in [9.17, 15) is 8.78 Å². The molecule has 0 aliphatic carbocycles. The van der Waals surface area contributed by atoms with E-state index in [1.807, 2.05) is 33.0 Å². The van der Waals surface area contributed by atoms with Gasteiger partial charge in [-0.25, -0.2) is 4.39 Å². The van der Waals surface area contributed by atoms with E-state index in [0.717, 1.165) is 11.6 Å². The van der Waals surface area contributed by atoms with Crippen LogP contribution in [0.4, 0.5) is 8.78 Å². The van der Waals surface area contributed by atoms with Gasteiger partial charge in [0.2, 0.25) is 5.82 Å². The predicted molar refractivity (Wildman–Crippen MR) is 79.6 cm³/mol. The van der Waals surface area contributed by atoms with E-state index in [0.29, 0.717) is 0 Å². The molecule has 1 N–H and O–H groups in total. The summed E-state index contributed by atoms with van der Waals surface area (Å²) in [6, 6.07) is 9.95. The van der Waals surface area contributed by atoms with E-state index < -0.39 is 11.6 Å². The number of hydrogen-bond donors (Lipinski definition) is 1. The van der Waals surface area contributed by atoms with E-state index in [1.54, 1.807) is 0 Å². The molecule has 0 fully saturated rings. The van der Waals surface area contributed by atoms with Crippen molar-refractivity contribution in [3.05, 3.63) is 64.7 Å². The highest BCUT2D eigenvalue weighted by atomic mass is 19.2. The average molecular weight is 291 g/mol. The summed E-state index contributed by atoms with van der Waals surface area (Å²) in [5.41, 5.74) is 3.45. The van der Waals surface area contributed by atoms with E-state index in [-0.39, 0.29) is 18.4 Å². The molecule has 1 atom stereocenters. The van der Waals surface area contributed by atoms with E-state index in [1.165, 1.54) is 23.3 Å². The van der Waals surface area contributed by atoms with Crippen molar-refractivity contribution in [1.29, 1.82) is 0 Å². The maximum absolute atomic E-state index is 13.6. The van der Waals surface area contributed by atoms with Gasteiger partial charge in [-0.15, -0.1) is 0 Å². The van der Waals surface area contributed by atoms with Crippen molar-refractivity contribution in [2.24, 2.45) is 0 Å². The molecule has 0 aliphatic heterocycles. The number of halogens is 2. The van der Waals surface area contributed by atoms with Crippen LogP contribution in [-0.2, 0) is 0 Å². The average Bonchev–Trinajstić information content (AvgIpc) is 2.47. The Hall–Kier alpha value is -1.94. The van der Waals surface area contributed by atoms with Crippen LogP contribution in [0.25, 0.3) is 0 Å². The molecule has 2 rings (SSSR count). The van der Waals surface area contributed by atoms with Gasteiger partial charge in [0.15, 0.2) is 11.6 Å². The topological polar surface area (TPSA) is 21.3 Å². The number of aryl methyl sites for hydroxylation is 2. The Morgan fingerprint density at radius 2 is 1.86 bits per heavy atom. The fourth-order valence-corrected chi connectivity index (χ4v) is 2.10. The van der Waals surface area contributed by atoms with Gasteiger partial charge < -0.3 is 10.1 Å². The van der Waals surface area contributed by atoms with Crippen LogP contribution < -0.4 is 10.1 Å². The molecule has 0 radical (unpaired) electrons. The van der Waals surface area contributed by atoms with Crippen LogP contribution in [0, 0.1) is 25.5 Å². The molecule has 2 aromatic rings. The zero-order chi connectivity index (χ0) is 15.4. The number of likely N-dealkylation sites (N-methyl/N-ethyl adjacent to an activating group) is 1. The molecule has 0 bridgehead atoms. The molecule has 0 spiro atoms. The summed E-state index contributed by atoms with van der Waals surface area (Å²) in [7, 11) is 1.81. The molecule has 21 heavy (non-hydrogen) atoms. The van der Waals surface area contributed by atoms with Gasteiger partial charge >= 0.3 is 0 Å². The van der Waals surface area contributed by atoms with Crippen LogP contribution in [-0.4, -0.2) is 13.7 Å². The first kappa shape index (κ1) is 15.4. The third-order valence-corrected chi connectivity index (χ3v) is 3.60. The first-order chi connectivity index (χ1) is 10.0. The lowest BCUT2D eigenvalue weighted by molar-refractivity contribution is 0.257. The highest BCUT2D eigenvalue weighted by molar-refractivity contribution is 5.32. The maximum Gasteiger partial charge on any atom is 0.200 e. The summed E-state index contributed by atoms with van der Waals surface area (Å²) < 4.78 is 32.1. The SMILES string of the molecule is CNC(COc1cccc(F)c1F)c1ccc(C)c(C)c1. The Kier molecular flexibility index (Phi) is 4.91. The van der Waals surface area contributed by atoms with Gasteiger partial charge in [-0.1, -0.05) is 24.3 Å². The van der Waals surface area contributed by atoms with Crippen LogP contribution in [0.1, 0.15) is 22.7 Å². The van der Waals surface area contributed by atoms with Crippen molar-refractivity contribution >= 4 is 0 Å². The summed E-state index contributed by atoms with van der Waals surface area (Å²) in [5, 5.41) is 3.13. The van der Waals surface area contributed by atoms with Gasteiger partial charge in [0, 0.05) is 0 Å². The summed E-state index contributed by atoms with van der Waals surface area (Å²) in [6.45, 7) is 4.31. The smallest absolute Gasteiger partial charge is 0.200 e. The van der Waals surface area contributed by atoms with Crippen molar-refractivity contribution in [2.75, 3.05) is 13.7 Å². The maximum atomic E-state index is 13.6. The molecule has 2 nitrogen and oxygen atoms in total. The summed E-state index contributed by atoms with van der Waals surface area (Å²) in [6.07, 6.45) is 0. The minimum Gasteiger partial charge on any atom is -0.488 e. The highest BCUT2D eigenvalue weighted by Crippen LogP contribution is 2.22. The van der Waals surface area contributed by atoms with Gasteiger partial charge in [-0.05, 0) is 49.7 Å². The Labute approximate surface area is 123 Å². The van der Waals surface area contributed by atoms with Gasteiger partial charge in [-0.2, -0.15) is 4.39 Å². The minimum atomic E-state index is -0.951. The second-order valence-corrected chi connectivity index (χ2v) is 5.05. The zero-order valence-electron chi connectivity index (χ0n) is 12.4.